The number of carbonyl (C=O) groups excluding carboxylic acids is 1. The van der Waals surface area contributed by atoms with Gasteiger partial charge in [0, 0.05) is 5.56 Å². The summed E-state index contributed by atoms with van der Waals surface area (Å²) in [5.41, 5.74) is 1.89. The van der Waals surface area contributed by atoms with E-state index in [0.717, 1.165) is 30.4 Å². The summed E-state index contributed by atoms with van der Waals surface area (Å²) in [4.78, 5) is 10.7. The third-order valence-corrected chi connectivity index (χ3v) is 2.64. The highest BCUT2D eigenvalue weighted by atomic mass is 16.1. The normalized spacial score (nSPS) is 12.4. The minimum absolute atomic E-state index is 0.512. The molecule has 0 aliphatic carbocycles. The molecule has 1 aromatic carbocycles. The summed E-state index contributed by atoms with van der Waals surface area (Å²) in [5, 5.41) is 0. The third kappa shape index (κ3) is 2.44. The minimum Gasteiger partial charge on any atom is -0.285 e. The Morgan fingerprint density at radius 3 is 2.57 bits per heavy atom. The molecule has 0 aliphatic rings. The molecular weight excluding hydrogens is 172 g/mol. The van der Waals surface area contributed by atoms with Gasteiger partial charge < -0.3 is 0 Å². The van der Waals surface area contributed by atoms with Crippen LogP contribution in [-0.2, 0) is 4.79 Å². The van der Waals surface area contributed by atoms with Gasteiger partial charge in [0.1, 0.15) is 0 Å². The van der Waals surface area contributed by atoms with Crippen LogP contribution in [0.25, 0.3) is 0 Å². The van der Waals surface area contributed by atoms with E-state index in [2.05, 4.69) is 13.8 Å². The Bertz CT molecular complexity index is 291. The van der Waals surface area contributed by atoms with E-state index in [4.69, 9.17) is 0 Å². The molecule has 0 bridgehead atoms. The van der Waals surface area contributed by atoms with Crippen molar-refractivity contribution in [1.29, 1.82) is 0 Å². The quantitative estimate of drug-likeness (QED) is 0.693. The fraction of sp³-hybridized carbons (Fsp3) is 0.462. The van der Waals surface area contributed by atoms with E-state index in [0.29, 0.717) is 5.92 Å². The first kappa shape index (κ1) is 11.0. The van der Waals surface area contributed by atoms with E-state index in [1.54, 1.807) is 0 Å². The molecular formula is C13H17O. The van der Waals surface area contributed by atoms with E-state index >= 15 is 0 Å². The number of hydrogen-bond acceptors (Lipinski definition) is 1. The van der Waals surface area contributed by atoms with Crippen LogP contribution in [0.15, 0.2) is 24.3 Å². The summed E-state index contributed by atoms with van der Waals surface area (Å²) in [5.74, 6) is 0.512. The van der Waals surface area contributed by atoms with Gasteiger partial charge in [-0.05, 0) is 24.3 Å². The predicted octanol–water partition coefficient (Wildman–Crippen LogP) is 3.44. The van der Waals surface area contributed by atoms with Crippen LogP contribution in [0.4, 0.5) is 0 Å². The summed E-state index contributed by atoms with van der Waals surface area (Å²) >= 11 is 0. The van der Waals surface area contributed by atoms with Gasteiger partial charge in [-0.15, -0.1) is 0 Å². The molecule has 0 N–H and O–H groups in total. The lowest BCUT2D eigenvalue weighted by molar-refractivity contribution is 0.558. The van der Waals surface area contributed by atoms with Crippen molar-refractivity contribution in [3.05, 3.63) is 35.4 Å². The maximum atomic E-state index is 10.7. The summed E-state index contributed by atoms with van der Waals surface area (Å²) in [7, 11) is 0. The van der Waals surface area contributed by atoms with Gasteiger partial charge in [-0.3, -0.25) is 4.79 Å². The van der Waals surface area contributed by atoms with E-state index in [1.165, 1.54) is 0 Å². The zero-order valence-corrected chi connectivity index (χ0v) is 8.92. The number of hydrogen-bond donors (Lipinski definition) is 0. The molecule has 14 heavy (non-hydrogen) atoms. The van der Waals surface area contributed by atoms with Crippen LogP contribution < -0.4 is 0 Å². The molecule has 0 heterocycles. The van der Waals surface area contributed by atoms with Crippen LogP contribution in [-0.4, -0.2) is 6.29 Å². The van der Waals surface area contributed by atoms with Crippen LogP contribution >= 0.6 is 0 Å². The van der Waals surface area contributed by atoms with Crippen LogP contribution in [0.1, 0.15) is 50.2 Å². The molecule has 0 spiro atoms. The second-order valence-corrected chi connectivity index (χ2v) is 3.58. The first-order valence-electron chi connectivity index (χ1n) is 5.30. The van der Waals surface area contributed by atoms with Crippen molar-refractivity contribution in [2.75, 3.05) is 0 Å². The van der Waals surface area contributed by atoms with Gasteiger partial charge in [0.2, 0.25) is 6.29 Å². The molecule has 1 nitrogen and oxygen atoms in total. The Labute approximate surface area is 86.1 Å². The van der Waals surface area contributed by atoms with Gasteiger partial charge in [0.25, 0.3) is 0 Å². The zero-order chi connectivity index (χ0) is 10.4. The Hall–Kier alpha value is -1.11. The van der Waals surface area contributed by atoms with Gasteiger partial charge in [0.05, 0.1) is 0 Å². The molecule has 1 aromatic rings. The van der Waals surface area contributed by atoms with Crippen LogP contribution in [0.2, 0.25) is 0 Å². The molecule has 1 heteroatoms. The van der Waals surface area contributed by atoms with Gasteiger partial charge in [-0.2, -0.15) is 0 Å². The summed E-state index contributed by atoms with van der Waals surface area (Å²) in [6, 6.07) is 7.78. The number of benzene rings is 1. The SMILES string of the molecule is CCCC(CC)c1ccccc1[C]=O. The van der Waals surface area contributed by atoms with E-state index in [9.17, 15) is 4.79 Å². The molecule has 75 valence electrons. The first-order valence-corrected chi connectivity index (χ1v) is 5.30. The summed E-state index contributed by atoms with van der Waals surface area (Å²) in [6.45, 7) is 4.35. The summed E-state index contributed by atoms with van der Waals surface area (Å²) < 4.78 is 0. The lowest BCUT2D eigenvalue weighted by atomic mass is 9.89. The molecule has 0 saturated heterocycles. The Kier molecular flexibility index (Phi) is 4.37. The lowest BCUT2D eigenvalue weighted by Crippen LogP contribution is -2.01. The highest BCUT2D eigenvalue weighted by molar-refractivity contribution is 5.78. The van der Waals surface area contributed by atoms with Crippen LogP contribution in [0.3, 0.4) is 0 Å². The molecule has 0 fully saturated rings. The van der Waals surface area contributed by atoms with Crippen LogP contribution in [0, 0.1) is 0 Å². The molecule has 1 unspecified atom stereocenters. The Morgan fingerprint density at radius 2 is 2.00 bits per heavy atom. The van der Waals surface area contributed by atoms with Gasteiger partial charge in [-0.25, -0.2) is 0 Å². The van der Waals surface area contributed by atoms with E-state index < -0.39 is 0 Å². The fourth-order valence-corrected chi connectivity index (χ4v) is 1.87. The lowest BCUT2D eigenvalue weighted by Gasteiger charge is -2.15. The zero-order valence-electron chi connectivity index (χ0n) is 8.92. The molecule has 0 amide bonds. The summed E-state index contributed by atoms with van der Waals surface area (Å²) in [6.07, 6.45) is 5.42. The largest absolute Gasteiger partial charge is 0.285 e. The average molecular weight is 189 g/mol. The third-order valence-electron chi connectivity index (χ3n) is 2.64. The predicted molar refractivity (Wildman–Crippen MR) is 59.2 cm³/mol. The van der Waals surface area contributed by atoms with Crippen molar-refractivity contribution in [3.8, 4) is 0 Å². The second kappa shape index (κ2) is 5.58. The highest BCUT2D eigenvalue weighted by Crippen LogP contribution is 2.26. The maximum Gasteiger partial charge on any atom is 0.233 e. The molecule has 1 rings (SSSR count). The molecule has 1 atom stereocenters. The fourth-order valence-electron chi connectivity index (χ4n) is 1.87. The molecule has 0 saturated carbocycles. The van der Waals surface area contributed by atoms with E-state index in [1.807, 2.05) is 30.6 Å². The topological polar surface area (TPSA) is 17.1 Å². The van der Waals surface area contributed by atoms with Gasteiger partial charge >= 0.3 is 0 Å². The van der Waals surface area contributed by atoms with Crippen molar-refractivity contribution >= 4 is 6.29 Å². The van der Waals surface area contributed by atoms with Crippen molar-refractivity contribution in [3.63, 3.8) is 0 Å². The number of rotatable bonds is 5. The average Bonchev–Trinajstić information content (AvgIpc) is 2.26. The highest BCUT2D eigenvalue weighted by Gasteiger charge is 2.11. The molecule has 0 aromatic heterocycles. The van der Waals surface area contributed by atoms with Crippen molar-refractivity contribution in [2.45, 2.75) is 39.0 Å². The maximum absolute atomic E-state index is 10.7. The van der Waals surface area contributed by atoms with Crippen molar-refractivity contribution in [2.24, 2.45) is 0 Å². The Morgan fingerprint density at radius 1 is 1.29 bits per heavy atom. The van der Waals surface area contributed by atoms with Gasteiger partial charge in [-0.1, -0.05) is 44.5 Å². The monoisotopic (exact) mass is 189 g/mol. The van der Waals surface area contributed by atoms with Gasteiger partial charge in [0.15, 0.2) is 0 Å². The van der Waals surface area contributed by atoms with Crippen molar-refractivity contribution < 1.29 is 4.79 Å². The Balaban J connectivity index is 2.95. The minimum atomic E-state index is 0.512. The molecule has 1 radical (unpaired) electrons. The van der Waals surface area contributed by atoms with E-state index in [-0.39, 0.29) is 0 Å². The first-order chi connectivity index (χ1) is 6.83. The molecule has 0 aliphatic heterocycles. The van der Waals surface area contributed by atoms with Crippen molar-refractivity contribution in [1.82, 2.24) is 0 Å². The van der Waals surface area contributed by atoms with Crippen LogP contribution in [0.5, 0.6) is 0 Å². The smallest absolute Gasteiger partial charge is 0.233 e. The standard InChI is InChI=1S/C13H17O/c1-3-7-11(4-2)13-9-6-5-8-12(13)10-14/h5-6,8-9,11H,3-4,7H2,1-2H3. The second-order valence-electron chi connectivity index (χ2n) is 3.58.